The molecule has 0 N–H and O–H groups in total. The number of carbonyl (C=O) groups is 3. The van der Waals surface area contributed by atoms with Crippen LogP contribution in [0.25, 0.3) is 0 Å². The Hall–Kier alpha value is -2.70. The Morgan fingerprint density at radius 3 is 2.14 bits per heavy atom. The molecule has 0 spiro atoms. The number of benzene rings is 1. The van der Waals surface area contributed by atoms with Crippen LogP contribution in [0.5, 0.6) is 0 Å². The second-order valence-electron chi connectivity index (χ2n) is 10.0. The molecule has 0 saturated carbocycles. The van der Waals surface area contributed by atoms with Gasteiger partial charge in [0, 0.05) is 5.56 Å². The molecule has 6 atom stereocenters. The average molecular weight is 516 g/mol. The minimum absolute atomic E-state index is 0.323. The number of fused-ring (bicyclic) bond motifs is 3. The number of hydrogen-bond donors (Lipinski definition) is 0. The summed E-state index contributed by atoms with van der Waals surface area (Å²) in [7, 11) is 0. The van der Waals surface area contributed by atoms with Gasteiger partial charge in [-0.3, -0.25) is 4.79 Å². The molecule has 0 aliphatic carbocycles. The molecule has 12 heteroatoms. The molecule has 36 heavy (non-hydrogen) atoms. The predicted octanol–water partition coefficient (Wildman–Crippen LogP) is 3.44. The van der Waals surface area contributed by atoms with Crippen LogP contribution >= 0.6 is 0 Å². The summed E-state index contributed by atoms with van der Waals surface area (Å²) < 4.78 is 71.6. The quantitative estimate of drug-likeness (QED) is 0.415. The number of alkyl halides is 3. The molecule has 3 aliphatic heterocycles. The highest BCUT2D eigenvalue weighted by Crippen LogP contribution is 2.44. The number of halogens is 3. The van der Waals surface area contributed by atoms with Crippen LogP contribution < -0.4 is 0 Å². The second-order valence-corrected chi connectivity index (χ2v) is 10.0. The third-order valence-electron chi connectivity index (χ3n) is 6.55. The van der Waals surface area contributed by atoms with Crippen LogP contribution in [0.4, 0.5) is 13.2 Å². The molecule has 6 unspecified atom stereocenters. The zero-order valence-corrected chi connectivity index (χ0v) is 20.3. The van der Waals surface area contributed by atoms with Gasteiger partial charge in [0.2, 0.25) is 11.7 Å². The first-order valence-electron chi connectivity index (χ1n) is 11.4. The number of rotatable bonds is 6. The van der Waals surface area contributed by atoms with Crippen molar-refractivity contribution in [3.63, 3.8) is 0 Å². The summed E-state index contributed by atoms with van der Waals surface area (Å²) in [6.45, 7) is 7.86. The lowest BCUT2D eigenvalue weighted by Gasteiger charge is -2.29. The van der Waals surface area contributed by atoms with E-state index in [-0.39, 0.29) is 0 Å². The van der Waals surface area contributed by atoms with Gasteiger partial charge in [-0.2, -0.15) is 13.2 Å². The lowest BCUT2D eigenvalue weighted by atomic mass is 9.90. The van der Waals surface area contributed by atoms with E-state index in [1.807, 2.05) is 6.92 Å². The molecule has 0 bridgehead atoms. The van der Waals surface area contributed by atoms with E-state index >= 15 is 0 Å². The number of hydrogen-bond acceptors (Lipinski definition) is 9. The van der Waals surface area contributed by atoms with Crippen molar-refractivity contribution in [2.45, 2.75) is 89.8 Å². The summed E-state index contributed by atoms with van der Waals surface area (Å²) in [4.78, 5) is 37.7. The molecular formula is C24H27F3O9. The van der Waals surface area contributed by atoms with E-state index < -0.39 is 77.7 Å². The zero-order valence-electron chi connectivity index (χ0n) is 20.3. The molecule has 3 fully saturated rings. The molecule has 9 nitrogen and oxygen atoms in total. The minimum atomic E-state index is -4.48. The van der Waals surface area contributed by atoms with E-state index in [2.05, 4.69) is 0 Å². The largest absolute Gasteiger partial charge is 0.454 e. The third-order valence-corrected chi connectivity index (χ3v) is 6.55. The fourth-order valence-corrected chi connectivity index (χ4v) is 3.83. The number of esters is 3. The Kier molecular flexibility index (Phi) is 6.59. The first-order valence-corrected chi connectivity index (χ1v) is 11.4. The Bertz CT molecular complexity index is 1030. The van der Waals surface area contributed by atoms with Crippen LogP contribution in [-0.2, 0) is 49.0 Å². The third kappa shape index (κ3) is 4.81. The van der Waals surface area contributed by atoms with E-state index in [1.54, 1.807) is 13.8 Å². The van der Waals surface area contributed by atoms with Crippen molar-refractivity contribution in [1.82, 2.24) is 0 Å². The fraction of sp³-hybridized carbons (Fsp3) is 0.625. The van der Waals surface area contributed by atoms with Gasteiger partial charge >= 0.3 is 24.1 Å². The number of ether oxygens (including phenoxy) is 6. The summed E-state index contributed by atoms with van der Waals surface area (Å²) in [5.41, 5.74) is -3.00. The van der Waals surface area contributed by atoms with Crippen LogP contribution in [0.15, 0.2) is 24.3 Å². The molecule has 3 aliphatic rings. The van der Waals surface area contributed by atoms with Crippen molar-refractivity contribution < 1.29 is 56.0 Å². The Morgan fingerprint density at radius 1 is 0.917 bits per heavy atom. The highest BCUT2D eigenvalue weighted by Gasteiger charge is 2.63. The Morgan fingerprint density at radius 2 is 1.56 bits per heavy atom. The molecule has 1 aromatic carbocycles. The van der Waals surface area contributed by atoms with Gasteiger partial charge in [-0.05, 0) is 46.2 Å². The van der Waals surface area contributed by atoms with Crippen molar-refractivity contribution in [3.8, 4) is 0 Å². The molecule has 1 aromatic rings. The Labute approximate surface area is 205 Å². The maximum absolute atomic E-state index is 12.8. The van der Waals surface area contributed by atoms with Gasteiger partial charge in [0.15, 0.2) is 24.8 Å². The van der Waals surface area contributed by atoms with Gasteiger partial charge in [-0.1, -0.05) is 19.1 Å². The standard InChI is InChI=1S/C24H27F3O9/c1-6-22(2,3)20(29)36-23(4,5)21(30)34-15-13-14(31-17(15)28)16-19(32-13)35-18(33-16)11-7-9-12(10-8-11)24(25,26)27/h7-10,13-16,18-19H,6H2,1-5H3. The van der Waals surface area contributed by atoms with Crippen molar-refractivity contribution in [2.75, 3.05) is 0 Å². The van der Waals surface area contributed by atoms with E-state index in [9.17, 15) is 27.6 Å². The summed E-state index contributed by atoms with van der Waals surface area (Å²) in [6, 6.07) is 4.25. The normalized spacial score (nSPS) is 29.9. The van der Waals surface area contributed by atoms with E-state index in [0.717, 1.165) is 12.1 Å². The second kappa shape index (κ2) is 9.00. The van der Waals surface area contributed by atoms with E-state index in [4.69, 9.17) is 28.4 Å². The first-order chi connectivity index (χ1) is 16.6. The summed E-state index contributed by atoms with van der Waals surface area (Å²) in [5.74, 6) is -2.42. The van der Waals surface area contributed by atoms with Crippen molar-refractivity contribution in [1.29, 1.82) is 0 Å². The highest BCUT2D eigenvalue weighted by atomic mass is 19.4. The smallest absolute Gasteiger partial charge is 0.416 e. The summed E-state index contributed by atoms with van der Waals surface area (Å²) in [6.07, 6.45) is -10.4. The Balaban J connectivity index is 1.39. The fourth-order valence-electron chi connectivity index (χ4n) is 3.83. The highest BCUT2D eigenvalue weighted by molar-refractivity contribution is 5.87. The van der Waals surface area contributed by atoms with Gasteiger partial charge in [-0.25, -0.2) is 9.59 Å². The van der Waals surface area contributed by atoms with Crippen LogP contribution in [0.3, 0.4) is 0 Å². The SMILES string of the molecule is CCC(C)(C)C(=O)OC(C)(C)C(=O)OC1C(=O)OC2C3OC(c4ccc(C(F)(F)F)cc4)OC3OC12. The van der Waals surface area contributed by atoms with Crippen LogP contribution in [0.1, 0.15) is 58.5 Å². The topological polar surface area (TPSA) is 107 Å². The maximum Gasteiger partial charge on any atom is 0.416 e. The predicted molar refractivity (Wildman–Crippen MR) is 113 cm³/mol. The van der Waals surface area contributed by atoms with Crippen LogP contribution in [0, 0.1) is 5.41 Å². The molecule has 4 rings (SSSR count). The summed E-state index contributed by atoms with van der Waals surface area (Å²) in [5, 5.41) is 0. The van der Waals surface area contributed by atoms with Gasteiger partial charge in [0.25, 0.3) is 0 Å². The average Bonchev–Trinajstić information content (AvgIpc) is 3.43. The molecule has 0 amide bonds. The molecular weight excluding hydrogens is 489 g/mol. The van der Waals surface area contributed by atoms with Crippen LogP contribution in [-0.4, -0.2) is 54.2 Å². The summed E-state index contributed by atoms with van der Waals surface area (Å²) >= 11 is 0. The first kappa shape index (κ1) is 26.4. The van der Waals surface area contributed by atoms with Crippen molar-refractivity contribution in [3.05, 3.63) is 35.4 Å². The molecule has 0 radical (unpaired) electrons. The van der Waals surface area contributed by atoms with Gasteiger partial charge < -0.3 is 28.4 Å². The van der Waals surface area contributed by atoms with Gasteiger partial charge in [0.05, 0.1) is 11.0 Å². The van der Waals surface area contributed by atoms with Gasteiger partial charge in [-0.15, -0.1) is 0 Å². The lowest BCUT2D eigenvalue weighted by molar-refractivity contribution is -0.199. The van der Waals surface area contributed by atoms with Crippen LogP contribution in [0.2, 0.25) is 0 Å². The lowest BCUT2D eigenvalue weighted by Crippen LogP contribution is -2.46. The van der Waals surface area contributed by atoms with E-state index in [0.29, 0.717) is 12.0 Å². The number of carbonyl (C=O) groups excluding carboxylic acids is 3. The molecule has 3 saturated heterocycles. The van der Waals surface area contributed by atoms with Crippen molar-refractivity contribution >= 4 is 17.9 Å². The van der Waals surface area contributed by atoms with Gasteiger partial charge in [0.1, 0.15) is 6.10 Å². The zero-order chi connectivity index (χ0) is 26.6. The molecule has 0 aromatic heterocycles. The van der Waals surface area contributed by atoms with E-state index in [1.165, 1.54) is 26.0 Å². The van der Waals surface area contributed by atoms with Crippen molar-refractivity contribution in [2.24, 2.45) is 5.41 Å². The molecule has 3 heterocycles. The monoisotopic (exact) mass is 516 g/mol. The molecule has 198 valence electrons. The maximum atomic E-state index is 12.8. The minimum Gasteiger partial charge on any atom is -0.454 e.